The highest BCUT2D eigenvalue weighted by atomic mass is 16.5. The van der Waals surface area contributed by atoms with Crippen LogP contribution in [0.1, 0.15) is 23.7 Å². The lowest BCUT2D eigenvalue weighted by Crippen LogP contribution is -2.08. The number of hydrogen-bond acceptors (Lipinski definition) is 5. The fourth-order valence-corrected chi connectivity index (χ4v) is 2.19. The van der Waals surface area contributed by atoms with Crippen molar-refractivity contribution in [1.29, 1.82) is 0 Å². The van der Waals surface area contributed by atoms with Crippen LogP contribution in [0, 0.1) is 6.92 Å². The second-order valence-corrected chi connectivity index (χ2v) is 4.57. The van der Waals surface area contributed by atoms with Gasteiger partial charge >= 0.3 is 0 Å². The zero-order valence-electron chi connectivity index (χ0n) is 12.3. The summed E-state index contributed by atoms with van der Waals surface area (Å²) < 4.78 is 12.5. The van der Waals surface area contributed by atoms with Crippen molar-refractivity contribution in [2.24, 2.45) is 0 Å². The smallest absolute Gasteiger partial charge is 0.169 e. The summed E-state index contributed by atoms with van der Waals surface area (Å²) in [6.45, 7) is 4.68. The first-order valence-corrected chi connectivity index (χ1v) is 6.50. The number of aromatic nitrogens is 3. The van der Waals surface area contributed by atoms with Gasteiger partial charge in [0.15, 0.2) is 17.3 Å². The molecule has 2 rings (SSSR count). The van der Waals surface area contributed by atoms with Crippen LogP contribution in [-0.2, 0) is 13.0 Å². The Balaban J connectivity index is 2.38. The van der Waals surface area contributed by atoms with Crippen molar-refractivity contribution in [1.82, 2.24) is 15.0 Å². The number of nitrogens with zero attached hydrogens (tertiary/aromatic N) is 3. The number of nitrogens with two attached hydrogens (primary N) is 1. The molecule has 20 heavy (non-hydrogen) atoms. The van der Waals surface area contributed by atoms with Crippen LogP contribution in [0.5, 0.6) is 11.5 Å². The summed E-state index contributed by atoms with van der Waals surface area (Å²) in [5, 5.41) is 8.01. The molecule has 0 atom stereocenters. The Hall–Kier alpha value is -2.24. The molecule has 2 N–H and O–H groups in total. The molecule has 0 bridgehead atoms. The van der Waals surface area contributed by atoms with Gasteiger partial charge in [-0.2, -0.15) is 0 Å². The van der Waals surface area contributed by atoms with E-state index in [-0.39, 0.29) is 0 Å². The van der Waals surface area contributed by atoms with E-state index in [1.54, 1.807) is 14.2 Å². The summed E-state index contributed by atoms with van der Waals surface area (Å²) in [6.07, 6.45) is 0.797. The van der Waals surface area contributed by atoms with Crippen LogP contribution in [0.2, 0.25) is 0 Å². The van der Waals surface area contributed by atoms with E-state index in [4.69, 9.17) is 15.2 Å². The highest BCUT2D eigenvalue weighted by Crippen LogP contribution is 2.30. The van der Waals surface area contributed by atoms with Gasteiger partial charge in [-0.05, 0) is 36.6 Å². The Kier molecular flexibility index (Phi) is 4.12. The molecule has 108 valence electrons. The molecule has 6 heteroatoms. The highest BCUT2D eigenvalue weighted by molar-refractivity contribution is 5.47. The summed E-state index contributed by atoms with van der Waals surface area (Å²) in [5.74, 6) is 1.92. The molecular formula is C14H20N4O2. The molecule has 0 aliphatic carbocycles. The Labute approximate surface area is 118 Å². The lowest BCUT2D eigenvalue weighted by molar-refractivity contribution is 0.354. The summed E-state index contributed by atoms with van der Waals surface area (Å²) in [5.41, 5.74) is 8.96. The van der Waals surface area contributed by atoms with Gasteiger partial charge in [-0.1, -0.05) is 12.1 Å². The Morgan fingerprint density at radius 3 is 2.45 bits per heavy atom. The zero-order chi connectivity index (χ0) is 14.7. The second kappa shape index (κ2) is 5.81. The van der Waals surface area contributed by atoms with E-state index in [0.717, 1.165) is 29.0 Å². The number of rotatable bonds is 5. The van der Waals surface area contributed by atoms with Gasteiger partial charge in [0.1, 0.15) is 0 Å². The van der Waals surface area contributed by atoms with E-state index >= 15 is 0 Å². The van der Waals surface area contributed by atoms with Gasteiger partial charge < -0.3 is 15.2 Å². The van der Waals surface area contributed by atoms with Gasteiger partial charge in [-0.15, -0.1) is 5.10 Å². The molecule has 2 aromatic rings. The standard InChI is InChI=1S/C14H20N4O2/c1-5-11-14(15)16-17-18(11)8-10-7-13(20-4)12(19-3)6-9(10)2/h6-7H,5,8,15H2,1-4H3. The summed E-state index contributed by atoms with van der Waals surface area (Å²) >= 11 is 0. The molecule has 0 unspecified atom stereocenters. The molecule has 0 aliphatic rings. The SMILES string of the molecule is CCc1c(N)nnn1Cc1cc(OC)c(OC)cc1C. The maximum Gasteiger partial charge on any atom is 0.169 e. The van der Waals surface area contributed by atoms with Crippen molar-refractivity contribution < 1.29 is 9.47 Å². The van der Waals surface area contributed by atoms with Gasteiger partial charge in [0, 0.05) is 0 Å². The van der Waals surface area contributed by atoms with Crippen molar-refractivity contribution in [2.45, 2.75) is 26.8 Å². The fourth-order valence-electron chi connectivity index (χ4n) is 2.19. The third-order valence-corrected chi connectivity index (χ3v) is 3.36. The van der Waals surface area contributed by atoms with Crippen LogP contribution in [0.3, 0.4) is 0 Å². The molecule has 0 aliphatic heterocycles. The Morgan fingerprint density at radius 1 is 1.20 bits per heavy atom. The predicted molar refractivity (Wildman–Crippen MR) is 77.2 cm³/mol. The van der Waals surface area contributed by atoms with Crippen molar-refractivity contribution in [3.63, 3.8) is 0 Å². The monoisotopic (exact) mass is 276 g/mol. The average molecular weight is 276 g/mol. The van der Waals surface area contributed by atoms with E-state index in [9.17, 15) is 0 Å². The van der Waals surface area contributed by atoms with E-state index in [1.165, 1.54) is 0 Å². The number of methoxy groups -OCH3 is 2. The summed E-state index contributed by atoms with van der Waals surface area (Å²) in [7, 11) is 3.26. The molecule has 0 fully saturated rings. The minimum Gasteiger partial charge on any atom is -0.493 e. The average Bonchev–Trinajstić information content (AvgIpc) is 2.80. The van der Waals surface area contributed by atoms with E-state index in [0.29, 0.717) is 18.1 Å². The molecule has 1 aromatic heterocycles. The minimum atomic E-state index is 0.491. The maximum atomic E-state index is 5.81. The Bertz CT molecular complexity index is 607. The fraction of sp³-hybridized carbons (Fsp3) is 0.429. The van der Waals surface area contributed by atoms with Crippen molar-refractivity contribution in [3.05, 3.63) is 29.0 Å². The first kappa shape index (κ1) is 14.2. The van der Waals surface area contributed by atoms with Crippen molar-refractivity contribution >= 4 is 5.82 Å². The third kappa shape index (κ3) is 2.54. The second-order valence-electron chi connectivity index (χ2n) is 4.57. The van der Waals surface area contributed by atoms with Gasteiger partial charge in [0.05, 0.1) is 26.5 Å². The quantitative estimate of drug-likeness (QED) is 0.901. The number of nitrogen functional groups attached to an aromatic ring is 1. The van der Waals surface area contributed by atoms with Crippen LogP contribution in [0.25, 0.3) is 0 Å². The molecule has 0 spiro atoms. The van der Waals surface area contributed by atoms with E-state index in [1.807, 2.05) is 30.7 Å². The van der Waals surface area contributed by atoms with E-state index < -0.39 is 0 Å². The van der Waals surface area contributed by atoms with Crippen LogP contribution in [0.4, 0.5) is 5.82 Å². The Morgan fingerprint density at radius 2 is 1.85 bits per heavy atom. The molecule has 0 amide bonds. The molecule has 1 aromatic carbocycles. The molecule has 6 nitrogen and oxygen atoms in total. The normalized spacial score (nSPS) is 10.6. The summed E-state index contributed by atoms with van der Waals surface area (Å²) in [4.78, 5) is 0. The van der Waals surface area contributed by atoms with Gasteiger partial charge in [0.25, 0.3) is 0 Å². The lowest BCUT2D eigenvalue weighted by Gasteiger charge is -2.13. The molecular weight excluding hydrogens is 256 g/mol. The lowest BCUT2D eigenvalue weighted by atomic mass is 10.1. The molecule has 0 saturated heterocycles. The predicted octanol–water partition coefficient (Wildman–Crippen LogP) is 1.80. The first-order valence-electron chi connectivity index (χ1n) is 6.50. The van der Waals surface area contributed by atoms with E-state index in [2.05, 4.69) is 10.3 Å². The first-order chi connectivity index (χ1) is 9.60. The van der Waals surface area contributed by atoms with Gasteiger partial charge in [-0.25, -0.2) is 4.68 Å². The minimum absolute atomic E-state index is 0.491. The highest BCUT2D eigenvalue weighted by Gasteiger charge is 2.12. The summed E-state index contributed by atoms with van der Waals surface area (Å²) in [6, 6.07) is 3.92. The van der Waals surface area contributed by atoms with Crippen LogP contribution in [0.15, 0.2) is 12.1 Å². The van der Waals surface area contributed by atoms with Crippen molar-refractivity contribution in [3.8, 4) is 11.5 Å². The van der Waals surface area contributed by atoms with Crippen LogP contribution < -0.4 is 15.2 Å². The van der Waals surface area contributed by atoms with Gasteiger partial charge in [0.2, 0.25) is 0 Å². The number of ether oxygens (including phenoxy) is 2. The van der Waals surface area contributed by atoms with Crippen molar-refractivity contribution in [2.75, 3.05) is 20.0 Å². The zero-order valence-corrected chi connectivity index (χ0v) is 12.3. The molecule has 0 saturated carbocycles. The van der Waals surface area contributed by atoms with Crippen LogP contribution >= 0.6 is 0 Å². The number of hydrogen-bond donors (Lipinski definition) is 1. The maximum absolute atomic E-state index is 5.81. The largest absolute Gasteiger partial charge is 0.493 e. The third-order valence-electron chi connectivity index (χ3n) is 3.36. The molecule has 1 heterocycles. The van der Waals surface area contributed by atoms with Crippen LogP contribution in [-0.4, -0.2) is 29.2 Å². The topological polar surface area (TPSA) is 75.2 Å². The molecule has 0 radical (unpaired) electrons. The number of aryl methyl sites for hydroxylation is 1. The van der Waals surface area contributed by atoms with Gasteiger partial charge in [-0.3, -0.25) is 0 Å². The number of benzene rings is 1. The number of anilines is 1.